The van der Waals surface area contributed by atoms with Gasteiger partial charge in [0.1, 0.15) is 12.4 Å². The standard InChI is InChI=1S/C28H23F4N9/c1-17-3-4-18(13-34-17)19-9-20(12-33)24(40-7-5-27(29,6-8-40)26-37-36-16-39(26)2)23(11-19)21-10-22-15-41(28(30,31)32)38-25(22)35-14-21/h3-4,9-11,13-16H,5-8H2,1-2H3. The van der Waals surface area contributed by atoms with E-state index in [0.717, 1.165) is 17.5 Å². The summed E-state index contributed by atoms with van der Waals surface area (Å²) in [5.74, 6) is 0.247. The summed E-state index contributed by atoms with van der Waals surface area (Å²) in [5.41, 5.74) is 2.53. The van der Waals surface area contributed by atoms with Gasteiger partial charge in [-0.05, 0) is 36.8 Å². The van der Waals surface area contributed by atoms with Crippen molar-refractivity contribution in [3.05, 3.63) is 72.3 Å². The molecule has 9 nitrogen and oxygen atoms in total. The van der Waals surface area contributed by atoms with Crippen LogP contribution < -0.4 is 4.90 Å². The second-order valence-corrected chi connectivity index (χ2v) is 10.1. The topological polar surface area (TPSA) is 101 Å². The van der Waals surface area contributed by atoms with Gasteiger partial charge >= 0.3 is 6.30 Å². The molecule has 0 bridgehead atoms. The number of hydrogen-bond acceptors (Lipinski definition) is 7. The van der Waals surface area contributed by atoms with Gasteiger partial charge in [-0.25, -0.2) is 9.37 Å². The first-order valence-electron chi connectivity index (χ1n) is 12.8. The lowest BCUT2D eigenvalue weighted by Gasteiger charge is -2.38. The van der Waals surface area contributed by atoms with Crippen LogP contribution in [0.5, 0.6) is 0 Å². The number of hydrogen-bond donors (Lipinski definition) is 0. The van der Waals surface area contributed by atoms with E-state index in [1.54, 1.807) is 29.9 Å². The monoisotopic (exact) mass is 561 g/mol. The molecule has 0 aliphatic carbocycles. The molecule has 5 aromatic rings. The van der Waals surface area contributed by atoms with E-state index in [2.05, 4.69) is 31.3 Å². The Labute approximate surface area is 231 Å². The first-order valence-corrected chi connectivity index (χ1v) is 12.8. The summed E-state index contributed by atoms with van der Waals surface area (Å²) in [6.07, 6.45) is 1.01. The van der Waals surface area contributed by atoms with Gasteiger partial charge in [0.15, 0.2) is 17.1 Å². The maximum atomic E-state index is 16.0. The van der Waals surface area contributed by atoms with Crippen molar-refractivity contribution in [3.8, 4) is 28.3 Å². The largest absolute Gasteiger partial charge is 0.504 e. The van der Waals surface area contributed by atoms with Gasteiger partial charge in [-0.3, -0.25) is 4.98 Å². The molecule has 0 saturated carbocycles. The molecule has 0 spiro atoms. The number of fused-ring (bicyclic) bond motifs is 1. The van der Waals surface area contributed by atoms with Crippen LogP contribution in [0.4, 0.5) is 23.2 Å². The van der Waals surface area contributed by atoms with Crippen molar-refractivity contribution in [2.24, 2.45) is 7.05 Å². The second-order valence-electron chi connectivity index (χ2n) is 10.1. The van der Waals surface area contributed by atoms with Crippen LogP contribution in [0.1, 0.15) is 29.9 Å². The number of benzene rings is 1. The molecule has 1 aromatic carbocycles. The van der Waals surface area contributed by atoms with Gasteiger partial charge in [-0.2, -0.15) is 9.94 Å². The molecule has 41 heavy (non-hydrogen) atoms. The summed E-state index contributed by atoms with van der Waals surface area (Å²) in [4.78, 5) is 10.5. The van der Waals surface area contributed by atoms with Gasteiger partial charge in [-0.1, -0.05) is 6.07 Å². The maximum Gasteiger partial charge on any atom is 0.504 e. The minimum absolute atomic E-state index is 0.0594. The number of halogens is 4. The number of nitriles is 1. The normalized spacial score (nSPS) is 15.3. The summed E-state index contributed by atoms with van der Waals surface area (Å²) in [6.45, 7) is 2.42. The molecule has 1 aliphatic rings. The third kappa shape index (κ3) is 4.75. The smallest absolute Gasteiger partial charge is 0.370 e. The molecule has 0 unspecified atom stereocenters. The molecule has 1 fully saturated rings. The van der Waals surface area contributed by atoms with E-state index >= 15 is 4.39 Å². The van der Waals surface area contributed by atoms with E-state index < -0.39 is 12.0 Å². The highest BCUT2D eigenvalue weighted by Gasteiger charge is 2.41. The van der Waals surface area contributed by atoms with Crippen molar-refractivity contribution >= 4 is 16.7 Å². The number of piperidine rings is 1. The number of rotatable bonds is 4. The quantitative estimate of drug-likeness (QED) is 0.271. The highest BCUT2D eigenvalue weighted by molar-refractivity contribution is 5.90. The fourth-order valence-electron chi connectivity index (χ4n) is 5.28. The molecule has 4 aromatic heterocycles. The first-order chi connectivity index (χ1) is 19.6. The molecular formula is C28H23F4N9. The molecule has 0 N–H and O–H groups in total. The van der Waals surface area contributed by atoms with E-state index in [1.165, 1.54) is 12.5 Å². The van der Waals surface area contributed by atoms with E-state index in [4.69, 9.17) is 0 Å². The van der Waals surface area contributed by atoms with Gasteiger partial charge in [-0.15, -0.1) is 28.5 Å². The van der Waals surface area contributed by atoms with Gasteiger partial charge in [0, 0.05) is 79.3 Å². The molecule has 0 amide bonds. The lowest BCUT2D eigenvalue weighted by atomic mass is 9.89. The van der Waals surface area contributed by atoms with Crippen LogP contribution in [0.3, 0.4) is 0 Å². The average Bonchev–Trinajstić information content (AvgIpc) is 3.59. The van der Waals surface area contributed by atoms with Crippen LogP contribution in [0, 0.1) is 18.3 Å². The molecule has 0 radical (unpaired) electrons. The van der Waals surface area contributed by atoms with Crippen molar-refractivity contribution < 1.29 is 17.6 Å². The number of pyridine rings is 2. The minimum Gasteiger partial charge on any atom is -0.370 e. The number of anilines is 1. The lowest BCUT2D eigenvalue weighted by Crippen LogP contribution is -2.42. The number of alkyl halides is 4. The molecule has 0 atom stereocenters. The molecule has 1 aliphatic heterocycles. The lowest BCUT2D eigenvalue weighted by molar-refractivity contribution is -0.211. The van der Waals surface area contributed by atoms with Crippen molar-refractivity contribution in [1.82, 2.24) is 34.5 Å². The Morgan fingerprint density at radius 1 is 1.00 bits per heavy atom. The summed E-state index contributed by atoms with van der Waals surface area (Å²) in [7, 11) is 1.69. The summed E-state index contributed by atoms with van der Waals surface area (Å²) in [6, 6.07) is 11.2. The zero-order valence-corrected chi connectivity index (χ0v) is 22.1. The minimum atomic E-state index is -4.69. The van der Waals surface area contributed by atoms with Crippen LogP contribution in [0.2, 0.25) is 0 Å². The predicted octanol–water partition coefficient (Wildman–Crippen LogP) is 5.41. The molecule has 5 heterocycles. The zero-order valence-electron chi connectivity index (χ0n) is 22.1. The highest BCUT2D eigenvalue weighted by atomic mass is 19.4. The third-order valence-corrected chi connectivity index (χ3v) is 7.39. The van der Waals surface area contributed by atoms with Crippen LogP contribution in [-0.2, 0) is 19.0 Å². The fourth-order valence-corrected chi connectivity index (χ4v) is 5.28. The fraction of sp³-hybridized carbons (Fsp3) is 0.286. The SMILES string of the molecule is Cc1ccc(-c2cc(C#N)c(N3CCC(F)(c4nncn4C)CC3)c(-c3cnc4nn(C(F)(F)F)cc4c3)c2)cn1. The molecule has 208 valence electrons. The second kappa shape index (κ2) is 9.65. The van der Waals surface area contributed by atoms with E-state index in [1.807, 2.05) is 30.0 Å². The summed E-state index contributed by atoms with van der Waals surface area (Å²) in [5, 5.41) is 21.8. The van der Waals surface area contributed by atoms with Gasteiger partial charge in [0.05, 0.1) is 11.3 Å². The summed E-state index contributed by atoms with van der Waals surface area (Å²) < 4.78 is 57.3. The molecule has 6 rings (SSSR count). The first kappa shape index (κ1) is 26.4. The maximum absolute atomic E-state index is 16.0. The molecular weight excluding hydrogens is 538 g/mol. The Morgan fingerprint density at radius 2 is 1.76 bits per heavy atom. The van der Waals surface area contributed by atoms with Crippen molar-refractivity contribution in [2.45, 2.75) is 31.7 Å². The highest BCUT2D eigenvalue weighted by Crippen LogP contribution is 2.43. The van der Waals surface area contributed by atoms with Gasteiger partial charge in [0.2, 0.25) is 0 Å². The predicted molar refractivity (Wildman–Crippen MR) is 142 cm³/mol. The average molecular weight is 562 g/mol. The Morgan fingerprint density at radius 3 is 2.39 bits per heavy atom. The Balaban J connectivity index is 1.47. The zero-order chi connectivity index (χ0) is 28.9. The number of nitrogens with zero attached hydrogens (tertiary/aromatic N) is 9. The van der Waals surface area contributed by atoms with Crippen LogP contribution >= 0.6 is 0 Å². The molecule has 1 saturated heterocycles. The van der Waals surface area contributed by atoms with Crippen LogP contribution in [0.15, 0.2) is 55.2 Å². The van der Waals surface area contributed by atoms with Crippen molar-refractivity contribution in [3.63, 3.8) is 0 Å². The van der Waals surface area contributed by atoms with Gasteiger partial charge < -0.3 is 9.47 Å². The van der Waals surface area contributed by atoms with Crippen molar-refractivity contribution in [1.29, 1.82) is 5.26 Å². The number of aryl methyl sites for hydroxylation is 2. The third-order valence-electron chi connectivity index (χ3n) is 7.39. The Bertz CT molecular complexity index is 1790. The van der Waals surface area contributed by atoms with E-state index in [0.29, 0.717) is 27.9 Å². The van der Waals surface area contributed by atoms with E-state index in [-0.39, 0.29) is 47.5 Å². The van der Waals surface area contributed by atoms with E-state index in [9.17, 15) is 18.4 Å². The van der Waals surface area contributed by atoms with Crippen molar-refractivity contribution in [2.75, 3.05) is 18.0 Å². The van der Waals surface area contributed by atoms with Crippen LogP contribution in [0.25, 0.3) is 33.3 Å². The van der Waals surface area contributed by atoms with Crippen LogP contribution in [-0.4, -0.2) is 47.6 Å². The Hall–Kier alpha value is -4.86. The van der Waals surface area contributed by atoms with Gasteiger partial charge in [0.25, 0.3) is 0 Å². The Kier molecular flexibility index (Phi) is 6.21. The summed E-state index contributed by atoms with van der Waals surface area (Å²) >= 11 is 0. The molecule has 13 heteroatoms. The number of aromatic nitrogens is 7.